The molecule has 2 fully saturated rings. The molecular weight excluding hydrogens is 645 g/mol. The number of sulfonamides is 1. The minimum Gasteiger partial charge on any atom is -0.619 e. The second-order valence-corrected chi connectivity index (χ2v) is 13.3. The van der Waals surface area contributed by atoms with Gasteiger partial charge in [-0.05, 0) is 55.7 Å². The van der Waals surface area contributed by atoms with Gasteiger partial charge in [0.2, 0.25) is 5.16 Å². The number of hydrogen-bond acceptors (Lipinski definition) is 8. The summed E-state index contributed by atoms with van der Waals surface area (Å²) in [6.45, 7) is -2.73. The number of alkyl halides is 2. The van der Waals surface area contributed by atoms with Crippen molar-refractivity contribution in [2.45, 2.75) is 62.4 Å². The summed E-state index contributed by atoms with van der Waals surface area (Å²) >= 11 is 12.7. The van der Waals surface area contributed by atoms with E-state index < -0.39 is 34.7 Å². The Kier molecular flexibility index (Phi) is 9.83. The van der Waals surface area contributed by atoms with E-state index in [9.17, 15) is 27.2 Å². The van der Waals surface area contributed by atoms with Crippen molar-refractivity contribution in [2.24, 2.45) is 13.0 Å². The van der Waals surface area contributed by atoms with E-state index in [1.807, 2.05) is 0 Å². The third-order valence-corrected chi connectivity index (χ3v) is 10.0. The Hall–Kier alpha value is -3.20. The van der Waals surface area contributed by atoms with Crippen LogP contribution in [-0.4, -0.2) is 54.0 Å². The SMILES string of the molecule is Cn1ccnc1S(=O)(=O)N1CCCCC1C(=O)OC(Cc1c(Cl)c[n+]([O-])cc1Cl)c1ccc(OC(F)F)c(OCC2CC2)c1. The van der Waals surface area contributed by atoms with Crippen LogP contribution in [0.25, 0.3) is 0 Å². The molecule has 44 heavy (non-hydrogen) atoms. The van der Waals surface area contributed by atoms with Crippen molar-refractivity contribution in [3.8, 4) is 11.5 Å². The molecular formula is C28H30Cl2F2N4O7S. The van der Waals surface area contributed by atoms with Gasteiger partial charge in [0.05, 0.1) is 6.61 Å². The molecule has 1 saturated heterocycles. The van der Waals surface area contributed by atoms with Crippen molar-refractivity contribution in [3.63, 3.8) is 0 Å². The molecule has 0 radical (unpaired) electrons. The van der Waals surface area contributed by atoms with E-state index in [2.05, 4.69) is 9.72 Å². The zero-order valence-electron chi connectivity index (χ0n) is 23.6. The summed E-state index contributed by atoms with van der Waals surface area (Å²) in [5.41, 5.74) is 0.610. The van der Waals surface area contributed by atoms with Gasteiger partial charge in [-0.3, -0.25) is 4.79 Å². The summed E-state index contributed by atoms with van der Waals surface area (Å²) in [5.74, 6) is -0.708. The fourth-order valence-electron chi connectivity index (χ4n) is 5.01. The van der Waals surface area contributed by atoms with E-state index in [4.69, 9.17) is 32.7 Å². The first-order chi connectivity index (χ1) is 20.9. The van der Waals surface area contributed by atoms with Crippen LogP contribution >= 0.6 is 23.2 Å². The number of carbonyl (C=O) groups is 1. The fraction of sp³-hybridized carbons (Fsp3) is 0.464. The largest absolute Gasteiger partial charge is 0.619 e. The highest BCUT2D eigenvalue weighted by Crippen LogP contribution is 2.38. The normalized spacial score (nSPS) is 18.3. The summed E-state index contributed by atoms with van der Waals surface area (Å²) in [6.07, 6.45) is 6.99. The molecule has 5 rings (SSSR count). The zero-order valence-corrected chi connectivity index (χ0v) is 25.9. The first kappa shape index (κ1) is 32.2. The fourth-order valence-corrected chi connectivity index (χ4v) is 7.34. The molecule has 2 aromatic heterocycles. The van der Waals surface area contributed by atoms with Gasteiger partial charge in [0.15, 0.2) is 23.9 Å². The van der Waals surface area contributed by atoms with Gasteiger partial charge in [-0.2, -0.15) is 17.8 Å². The molecule has 11 nitrogen and oxygen atoms in total. The minimum atomic E-state index is -4.16. The van der Waals surface area contributed by atoms with Crippen molar-refractivity contribution in [1.29, 1.82) is 0 Å². The Labute approximate surface area is 262 Å². The van der Waals surface area contributed by atoms with Gasteiger partial charge in [-0.15, -0.1) is 0 Å². The molecule has 1 aliphatic carbocycles. The van der Waals surface area contributed by atoms with Crippen molar-refractivity contribution < 1.29 is 40.9 Å². The maximum absolute atomic E-state index is 13.8. The molecule has 1 aliphatic heterocycles. The summed E-state index contributed by atoms with van der Waals surface area (Å²) in [7, 11) is -2.62. The number of piperidine rings is 1. The molecule has 16 heteroatoms. The zero-order chi connectivity index (χ0) is 31.6. The minimum absolute atomic E-state index is 0.00747. The highest BCUT2D eigenvalue weighted by Gasteiger charge is 2.41. The van der Waals surface area contributed by atoms with E-state index in [1.54, 1.807) is 0 Å². The molecule has 1 aromatic carbocycles. The lowest BCUT2D eigenvalue weighted by molar-refractivity contribution is -0.605. The number of benzene rings is 1. The Morgan fingerprint density at radius 1 is 1.16 bits per heavy atom. The number of aromatic nitrogens is 3. The predicted octanol–water partition coefficient (Wildman–Crippen LogP) is 4.82. The van der Waals surface area contributed by atoms with Crippen molar-refractivity contribution in [2.75, 3.05) is 13.2 Å². The standard InChI is InChI=1S/C28H30Cl2F2N4O7S/c1-34-11-9-33-28(34)44(39,40)36-10-3-2-4-22(36)26(37)42-24(13-19-20(29)14-35(38)15-21(19)30)18-7-8-23(43-27(31)32)25(12-18)41-16-17-5-6-17/h7-9,11-12,14-15,17,22,24,27H,2-6,10,13,16H2,1H3. The second kappa shape index (κ2) is 13.4. The lowest BCUT2D eigenvalue weighted by atomic mass is 10.0. The van der Waals surface area contributed by atoms with Crippen LogP contribution in [0.4, 0.5) is 8.78 Å². The topological polar surface area (TPSA) is 127 Å². The predicted molar refractivity (Wildman–Crippen MR) is 154 cm³/mol. The summed E-state index contributed by atoms with van der Waals surface area (Å²) in [4.78, 5) is 17.8. The molecule has 0 spiro atoms. The molecule has 3 heterocycles. The maximum Gasteiger partial charge on any atom is 0.387 e. The molecule has 2 atom stereocenters. The lowest BCUT2D eigenvalue weighted by Crippen LogP contribution is -2.49. The number of nitrogens with zero attached hydrogens (tertiary/aromatic N) is 4. The van der Waals surface area contributed by atoms with Gasteiger partial charge in [-0.25, -0.2) is 13.4 Å². The van der Waals surface area contributed by atoms with Gasteiger partial charge in [-0.1, -0.05) is 29.3 Å². The van der Waals surface area contributed by atoms with E-state index in [0.29, 0.717) is 29.1 Å². The lowest BCUT2D eigenvalue weighted by Gasteiger charge is -2.33. The summed E-state index contributed by atoms with van der Waals surface area (Å²) in [5, 5.41) is 11.7. The summed E-state index contributed by atoms with van der Waals surface area (Å²) in [6, 6.07) is 2.98. The molecule has 0 N–H and O–H groups in total. The number of hydrogen-bond donors (Lipinski definition) is 0. The van der Waals surface area contributed by atoms with Gasteiger partial charge >= 0.3 is 12.6 Å². The number of esters is 1. The highest BCUT2D eigenvalue weighted by atomic mass is 35.5. The molecule has 2 aliphatic rings. The molecule has 3 aromatic rings. The highest BCUT2D eigenvalue weighted by molar-refractivity contribution is 7.89. The van der Waals surface area contributed by atoms with Crippen LogP contribution in [0.3, 0.4) is 0 Å². The smallest absolute Gasteiger partial charge is 0.387 e. The van der Waals surface area contributed by atoms with Crippen LogP contribution in [0, 0.1) is 11.1 Å². The van der Waals surface area contributed by atoms with E-state index in [1.165, 1.54) is 42.2 Å². The average molecular weight is 676 g/mol. The molecule has 0 amide bonds. The number of halogens is 4. The van der Waals surface area contributed by atoms with Gasteiger partial charge in [0.1, 0.15) is 22.2 Å². The number of pyridine rings is 1. The Morgan fingerprint density at radius 3 is 2.52 bits per heavy atom. The Bertz CT molecular complexity index is 1600. The summed E-state index contributed by atoms with van der Waals surface area (Å²) < 4.78 is 72.7. The maximum atomic E-state index is 13.8. The van der Waals surface area contributed by atoms with Crippen molar-refractivity contribution >= 4 is 39.2 Å². The van der Waals surface area contributed by atoms with E-state index in [0.717, 1.165) is 29.5 Å². The number of carbonyl (C=O) groups excluding carboxylic acids is 1. The van der Waals surface area contributed by atoms with Crippen molar-refractivity contribution in [3.05, 3.63) is 69.4 Å². The molecule has 1 saturated carbocycles. The van der Waals surface area contributed by atoms with Crippen LogP contribution in [0.5, 0.6) is 11.5 Å². The van der Waals surface area contributed by atoms with Crippen molar-refractivity contribution in [1.82, 2.24) is 13.9 Å². The molecule has 0 bridgehead atoms. The van der Waals surface area contributed by atoms with Crippen LogP contribution in [-0.2, 0) is 33.0 Å². The van der Waals surface area contributed by atoms with Gasteiger partial charge < -0.3 is 24.0 Å². The Balaban J connectivity index is 1.49. The number of ether oxygens (including phenoxy) is 3. The molecule has 2 unspecified atom stereocenters. The third kappa shape index (κ3) is 7.36. The van der Waals surface area contributed by atoms with Crippen LogP contribution in [0.15, 0.2) is 48.1 Å². The number of rotatable bonds is 12. The molecule has 238 valence electrons. The van der Waals surface area contributed by atoms with Gasteiger partial charge in [0, 0.05) is 38.0 Å². The monoisotopic (exact) mass is 674 g/mol. The van der Waals surface area contributed by atoms with Crippen LogP contribution < -0.4 is 14.2 Å². The average Bonchev–Trinajstić information content (AvgIpc) is 3.70. The number of imidazole rings is 1. The second-order valence-electron chi connectivity index (χ2n) is 10.7. The first-order valence-electron chi connectivity index (χ1n) is 13.9. The van der Waals surface area contributed by atoms with Crippen LogP contribution in [0.2, 0.25) is 10.0 Å². The number of aryl methyl sites for hydroxylation is 1. The first-order valence-corrected chi connectivity index (χ1v) is 16.1. The van der Waals surface area contributed by atoms with Gasteiger partial charge in [0.25, 0.3) is 10.0 Å². The van der Waals surface area contributed by atoms with E-state index in [-0.39, 0.29) is 58.3 Å². The van der Waals surface area contributed by atoms with Crippen LogP contribution in [0.1, 0.15) is 49.3 Å². The van der Waals surface area contributed by atoms with E-state index >= 15 is 0 Å². The quantitative estimate of drug-likeness (QED) is 0.152. The Morgan fingerprint density at radius 2 is 1.89 bits per heavy atom. The third-order valence-electron chi connectivity index (χ3n) is 7.47.